The molecule has 0 amide bonds. The Morgan fingerprint density at radius 3 is 2.71 bits per heavy atom. The van der Waals surface area contributed by atoms with E-state index < -0.39 is 5.97 Å². The highest BCUT2D eigenvalue weighted by molar-refractivity contribution is 9.09. The molecule has 0 unspecified atom stereocenters. The van der Waals surface area contributed by atoms with Crippen LogP contribution >= 0.6 is 15.9 Å². The van der Waals surface area contributed by atoms with Gasteiger partial charge in [-0.25, -0.2) is 4.79 Å². The van der Waals surface area contributed by atoms with E-state index in [1.807, 2.05) is 0 Å². The number of esters is 1. The van der Waals surface area contributed by atoms with Crippen LogP contribution in [0.4, 0.5) is 0 Å². The lowest BCUT2D eigenvalue weighted by molar-refractivity contribution is 0.0519. The molecule has 0 heterocycles. The SMILES string of the molecule is CCOC(=O)c1c(O)cccc1C(=O)CCBr. The zero-order valence-corrected chi connectivity index (χ0v) is 11.0. The summed E-state index contributed by atoms with van der Waals surface area (Å²) in [7, 11) is 0. The van der Waals surface area contributed by atoms with E-state index in [0.29, 0.717) is 5.33 Å². The van der Waals surface area contributed by atoms with Gasteiger partial charge in [0.15, 0.2) is 5.78 Å². The van der Waals surface area contributed by atoms with Gasteiger partial charge in [-0.1, -0.05) is 28.1 Å². The van der Waals surface area contributed by atoms with Gasteiger partial charge >= 0.3 is 5.97 Å². The van der Waals surface area contributed by atoms with Crippen LogP contribution in [0.1, 0.15) is 34.1 Å². The fraction of sp³-hybridized carbons (Fsp3) is 0.333. The second-order valence-electron chi connectivity index (χ2n) is 3.28. The Morgan fingerprint density at radius 2 is 2.12 bits per heavy atom. The average molecular weight is 301 g/mol. The minimum Gasteiger partial charge on any atom is -0.507 e. The van der Waals surface area contributed by atoms with Gasteiger partial charge in [0.1, 0.15) is 11.3 Å². The number of hydrogen-bond acceptors (Lipinski definition) is 4. The van der Waals surface area contributed by atoms with Gasteiger partial charge in [-0.15, -0.1) is 0 Å². The van der Waals surface area contributed by atoms with Gasteiger partial charge in [0, 0.05) is 17.3 Å². The van der Waals surface area contributed by atoms with Gasteiger partial charge in [-0.05, 0) is 13.0 Å². The van der Waals surface area contributed by atoms with Crippen molar-refractivity contribution in [2.45, 2.75) is 13.3 Å². The van der Waals surface area contributed by atoms with Gasteiger partial charge in [0.2, 0.25) is 0 Å². The molecule has 1 aromatic rings. The number of ether oxygens (including phenoxy) is 1. The topological polar surface area (TPSA) is 63.6 Å². The Morgan fingerprint density at radius 1 is 1.41 bits per heavy atom. The highest BCUT2D eigenvalue weighted by atomic mass is 79.9. The molecule has 1 aromatic carbocycles. The van der Waals surface area contributed by atoms with Gasteiger partial charge in [0.25, 0.3) is 0 Å². The Balaban J connectivity index is 3.17. The van der Waals surface area contributed by atoms with E-state index >= 15 is 0 Å². The lowest BCUT2D eigenvalue weighted by atomic mass is 10.0. The monoisotopic (exact) mass is 300 g/mol. The van der Waals surface area contributed by atoms with E-state index in [0.717, 1.165) is 0 Å². The second-order valence-corrected chi connectivity index (χ2v) is 4.08. The van der Waals surface area contributed by atoms with Crippen molar-refractivity contribution in [2.24, 2.45) is 0 Å². The summed E-state index contributed by atoms with van der Waals surface area (Å²) in [6, 6.07) is 4.40. The molecule has 0 saturated carbocycles. The average Bonchev–Trinajstić information content (AvgIpc) is 2.29. The van der Waals surface area contributed by atoms with Crippen LogP contribution in [0.5, 0.6) is 5.75 Å². The summed E-state index contributed by atoms with van der Waals surface area (Å²) in [6.07, 6.45) is 0.260. The summed E-state index contributed by atoms with van der Waals surface area (Å²) in [5, 5.41) is 10.1. The number of phenolic OH excluding ortho intramolecular Hbond substituents is 1. The molecular formula is C12H13BrO4. The standard InChI is InChI=1S/C12H13BrO4/c1-2-17-12(16)11-8(9(14)6-7-13)4-3-5-10(11)15/h3-5,15H,2,6-7H2,1H3. The Labute approximate surface area is 108 Å². The molecule has 0 radical (unpaired) electrons. The molecule has 0 aliphatic rings. The maximum Gasteiger partial charge on any atom is 0.342 e. The number of hydrogen-bond donors (Lipinski definition) is 1. The van der Waals surface area contributed by atoms with Gasteiger partial charge in [-0.3, -0.25) is 4.79 Å². The predicted octanol–water partition coefficient (Wildman–Crippen LogP) is 2.54. The molecule has 0 aliphatic carbocycles. The molecule has 0 bridgehead atoms. The molecule has 17 heavy (non-hydrogen) atoms. The first-order chi connectivity index (χ1) is 8.11. The number of alkyl halides is 1. The molecule has 92 valence electrons. The number of aromatic hydroxyl groups is 1. The molecule has 0 spiro atoms. The van der Waals surface area contributed by atoms with Crippen molar-refractivity contribution < 1.29 is 19.4 Å². The van der Waals surface area contributed by atoms with E-state index in [1.165, 1.54) is 18.2 Å². The summed E-state index contributed by atoms with van der Waals surface area (Å²) >= 11 is 3.16. The van der Waals surface area contributed by atoms with Crippen LogP contribution in [-0.2, 0) is 4.74 Å². The fourth-order valence-electron chi connectivity index (χ4n) is 1.41. The molecule has 0 aliphatic heterocycles. The minimum atomic E-state index is -0.677. The fourth-order valence-corrected chi connectivity index (χ4v) is 1.77. The van der Waals surface area contributed by atoms with Gasteiger partial charge in [-0.2, -0.15) is 0 Å². The van der Waals surface area contributed by atoms with E-state index in [-0.39, 0.29) is 35.7 Å². The van der Waals surface area contributed by atoms with Crippen LogP contribution in [0.3, 0.4) is 0 Å². The Hall–Kier alpha value is -1.36. The maximum absolute atomic E-state index is 11.8. The summed E-state index contributed by atoms with van der Waals surface area (Å²) in [6.45, 7) is 1.86. The first-order valence-electron chi connectivity index (χ1n) is 5.20. The number of Topliss-reactive ketones (excluding diaryl/α,β-unsaturated/α-hetero) is 1. The number of carbonyl (C=O) groups excluding carboxylic acids is 2. The summed E-state index contributed by atoms with van der Waals surface area (Å²) < 4.78 is 4.81. The molecule has 5 heteroatoms. The minimum absolute atomic E-state index is 0.0553. The first-order valence-corrected chi connectivity index (χ1v) is 6.32. The third kappa shape index (κ3) is 3.30. The molecule has 1 rings (SSSR count). The van der Waals surface area contributed by atoms with Crippen molar-refractivity contribution in [1.82, 2.24) is 0 Å². The molecule has 0 atom stereocenters. The summed E-state index contributed by atoms with van der Waals surface area (Å²) in [5.41, 5.74) is 0.142. The molecule has 0 aromatic heterocycles. The number of carbonyl (C=O) groups is 2. The van der Waals surface area contributed by atoms with E-state index in [2.05, 4.69) is 15.9 Å². The zero-order chi connectivity index (χ0) is 12.8. The lowest BCUT2D eigenvalue weighted by Gasteiger charge is -2.09. The van der Waals surface area contributed by atoms with Gasteiger partial charge in [0.05, 0.1) is 6.61 Å². The smallest absolute Gasteiger partial charge is 0.342 e. The van der Waals surface area contributed by atoms with E-state index in [9.17, 15) is 14.7 Å². The molecule has 0 saturated heterocycles. The van der Waals surface area contributed by atoms with Crippen LogP contribution in [0.25, 0.3) is 0 Å². The third-order valence-electron chi connectivity index (χ3n) is 2.14. The predicted molar refractivity (Wildman–Crippen MR) is 66.8 cm³/mol. The van der Waals surface area contributed by atoms with Crippen LogP contribution in [0.2, 0.25) is 0 Å². The van der Waals surface area contributed by atoms with Crippen molar-refractivity contribution in [3.8, 4) is 5.75 Å². The van der Waals surface area contributed by atoms with Crippen LogP contribution in [0, 0.1) is 0 Å². The van der Waals surface area contributed by atoms with E-state index in [1.54, 1.807) is 6.92 Å². The zero-order valence-electron chi connectivity index (χ0n) is 9.40. The van der Waals surface area contributed by atoms with Crippen LogP contribution in [0.15, 0.2) is 18.2 Å². The molecular weight excluding hydrogens is 288 g/mol. The summed E-state index contributed by atoms with van der Waals surface area (Å²) in [5.74, 6) is -1.12. The van der Waals surface area contributed by atoms with Crippen molar-refractivity contribution in [3.05, 3.63) is 29.3 Å². The Bertz CT molecular complexity index is 429. The van der Waals surface area contributed by atoms with Crippen molar-refractivity contribution >= 4 is 27.7 Å². The van der Waals surface area contributed by atoms with Crippen molar-refractivity contribution in [3.63, 3.8) is 0 Å². The number of halogens is 1. The third-order valence-corrected chi connectivity index (χ3v) is 2.54. The largest absolute Gasteiger partial charge is 0.507 e. The second kappa shape index (κ2) is 6.39. The maximum atomic E-state index is 11.8. The van der Waals surface area contributed by atoms with Crippen molar-refractivity contribution in [1.29, 1.82) is 0 Å². The van der Waals surface area contributed by atoms with Crippen LogP contribution < -0.4 is 0 Å². The van der Waals surface area contributed by atoms with E-state index in [4.69, 9.17) is 4.74 Å². The summed E-state index contributed by atoms with van der Waals surface area (Å²) in [4.78, 5) is 23.4. The number of phenols is 1. The highest BCUT2D eigenvalue weighted by Gasteiger charge is 2.21. The van der Waals surface area contributed by atoms with Gasteiger partial charge < -0.3 is 9.84 Å². The number of ketones is 1. The molecule has 4 nitrogen and oxygen atoms in total. The Kier molecular flexibility index (Phi) is 5.15. The highest BCUT2D eigenvalue weighted by Crippen LogP contribution is 2.23. The number of benzene rings is 1. The number of rotatable bonds is 5. The normalized spacial score (nSPS) is 10.0. The van der Waals surface area contributed by atoms with Crippen molar-refractivity contribution in [2.75, 3.05) is 11.9 Å². The molecule has 0 fully saturated rings. The molecule has 1 N–H and O–H groups in total. The quantitative estimate of drug-likeness (QED) is 0.516. The lowest BCUT2D eigenvalue weighted by Crippen LogP contribution is -2.12. The van der Waals surface area contributed by atoms with Crippen LogP contribution in [-0.4, -0.2) is 28.8 Å². The first kappa shape index (κ1) is 13.7.